The molecular weight excluding hydrogens is 308 g/mol. The summed E-state index contributed by atoms with van der Waals surface area (Å²) < 4.78 is 0. The highest BCUT2D eigenvalue weighted by atomic mass is 16.4. The van der Waals surface area contributed by atoms with E-state index >= 15 is 0 Å². The molecule has 1 aliphatic rings. The van der Waals surface area contributed by atoms with Gasteiger partial charge in [0.25, 0.3) is 5.91 Å². The van der Waals surface area contributed by atoms with E-state index in [1.807, 2.05) is 20.8 Å². The molecule has 6 nitrogen and oxygen atoms in total. The van der Waals surface area contributed by atoms with E-state index in [2.05, 4.69) is 5.32 Å². The van der Waals surface area contributed by atoms with Gasteiger partial charge in [-0.15, -0.1) is 0 Å². The van der Waals surface area contributed by atoms with Gasteiger partial charge in [-0.05, 0) is 30.5 Å². The van der Waals surface area contributed by atoms with Crippen molar-refractivity contribution < 1.29 is 19.5 Å². The minimum atomic E-state index is -0.956. The van der Waals surface area contributed by atoms with Crippen LogP contribution in [0.1, 0.15) is 49.5 Å². The standard InChI is InChI=1S/C18H24N2O4/c1-18(2,3)17(24)19-11-12-6-8-13(9-7-12)15(21)20-10-4-5-14(20)16(22)23/h6-9,14H,4-5,10-11H2,1-3H3,(H,19,24)(H,22,23). The van der Waals surface area contributed by atoms with Crippen molar-refractivity contribution in [3.63, 3.8) is 0 Å². The van der Waals surface area contributed by atoms with Crippen LogP contribution in [0.2, 0.25) is 0 Å². The lowest BCUT2D eigenvalue weighted by atomic mass is 9.95. The molecule has 1 atom stereocenters. The Hall–Kier alpha value is -2.37. The number of nitrogens with one attached hydrogen (secondary N) is 1. The second kappa shape index (κ2) is 7.03. The molecule has 1 saturated heterocycles. The van der Waals surface area contributed by atoms with E-state index in [-0.39, 0.29) is 11.8 Å². The van der Waals surface area contributed by atoms with Crippen LogP contribution in [-0.4, -0.2) is 40.4 Å². The smallest absolute Gasteiger partial charge is 0.326 e. The zero-order chi connectivity index (χ0) is 17.9. The van der Waals surface area contributed by atoms with Crippen molar-refractivity contribution in [1.29, 1.82) is 0 Å². The van der Waals surface area contributed by atoms with Crippen LogP contribution in [0.5, 0.6) is 0 Å². The first-order valence-corrected chi connectivity index (χ1v) is 8.11. The quantitative estimate of drug-likeness (QED) is 0.883. The molecule has 2 N–H and O–H groups in total. The maximum absolute atomic E-state index is 12.5. The number of hydrogen-bond acceptors (Lipinski definition) is 3. The minimum absolute atomic E-state index is 0.0379. The van der Waals surface area contributed by atoms with Crippen LogP contribution in [0, 0.1) is 5.41 Å². The summed E-state index contributed by atoms with van der Waals surface area (Å²) in [6, 6.07) is 6.18. The first kappa shape index (κ1) is 18.0. The van der Waals surface area contributed by atoms with Crippen molar-refractivity contribution in [2.24, 2.45) is 5.41 Å². The predicted molar refractivity (Wildman–Crippen MR) is 89.4 cm³/mol. The Bertz CT molecular complexity index is 631. The second-order valence-electron chi connectivity index (χ2n) is 7.12. The third kappa shape index (κ3) is 4.13. The number of amides is 2. The molecule has 1 aromatic rings. The van der Waals surface area contributed by atoms with Gasteiger partial charge < -0.3 is 15.3 Å². The number of carboxylic acids is 1. The Morgan fingerprint density at radius 2 is 1.83 bits per heavy atom. The summed E-state index contributed by atoms with van der Waals surface area (Å²) in [6.07, 6.45) is 1.21. The number of carboxylic acid groups (broad SMARTS) is 1. The molecule has 1 fully saturated rings. The molecule has 0 bridgehead atoms. The molecule has 1 heterocycles. The molecule has 0 spiro atoms. The molecule has 0 saturated carbocycles. The van der Waals surface area contributed by atoms with E-state index in [1.54, 1.807) is 24.3 Å². The molecule has 1 aromatic carbocycles. The van der Waals surface area contributed by atoms with Crippen molar-refractivity contribution >= 4 is 17.8 Å². The minimum Gasteiger partial charge on any atom is -0.480 e. The number of carbonyl (C=O) groups is 3. The first-order valence-electron chi connectivity index (χ1n) is 8.11. The SMILES string of the molecule is CC(C)(C)C(=O)NCc1ccc(C(=O)N2CCCC2C(=O)O)cc1. The Labute approximate surface area is 141 Å². The van der Waals surface area contributed by atoms with Crippen LogP contribution >= 0.6 is 0 Å². The van der Waals surface area contributed by atoms with Gasteiger partial charge in [0.15, 0.2) is 0 Å². The normalized spacial score (nSPS) is 17.6. The molecule has 0 aliphatic carbocycles. The van der Waals surface area contributed by atoms with Gasteiger partial charge >= 0.3 is 5.97 Å². The van der Waals surface area contributed by atoms with E-state index in [4.69, 9.17) is 0 Å². The summed E-state index contributed by atoms with van der Waals surface area (Å²) in [4.78, 5) is 36.9. The van der Waals surface area contributed by atoms with Crippen molar-refractivity contribution in [2.75, 3.05) is 6.54 Å². The molecule has 2 rings (SSSR count). The molecule has 0 radical (unpaired) electrons. The highest BCUT2D eigenvalue weighted by Crippen LogP contribution is 2.20. The van der Waals surface area contributed by atoms with E-state index in [0.29, 0.717) is 31.5 Å². The number of nitrogens with zero attached hydrogens (tertiary/aromatic N) is 1. The molecule has 1 aliphatic heterocycles. The summed E-state index contributed by atoms with van der Waals surface area (Å²) in [5.41, 5.74) is 0.909. The molecule has 2 amide bonds. The molecule has 130 valence electrons. The van der Waals surface area contributed by atoms with Crippen LogP contribution in [-0.2, 0) is 16.1 Å². The van der Waals surface area contributed by atoms with Crippen molar-refractivity contribution in [3.8, 4) is 0 Å². The third-order valence-electron chi connectivity index (χ3n) is 4.13. The van der Waals surface area contributed by atoms with Crippen LogP contribution in [0.15, 0.2) is 24.3 Å². The van der Waals surface area contributed by atoms with E-state index < -0.39 is 17.4 Å². The fourth-order valence-corrected chi connectivity index (χ4v) is 2.65. The maximum atomic E-state index is 12.5. The summed E-state index contributed by atoms with van der Waals surface area (Å²) in [6.45, 7) is 6.41. The fraction of sp³-hybridized carbons (Fsp3) is 0.500. The topological polar surface area (TPSA) is 86.7 Å². The Morgan fingerprint density at radius 3 is 2.38 bits per heavy atom. The molecule has 24 heavy (non-hydrogen) atoms. The Kier molecular flexibility index (Phi) is 5.26. The number of likely N-dealkylation sites (tertiary alicyclic amines) is 1. The lowest BCUT2D eigenvalue weighted by molar-refractivity contribution is -0.141. The average Bonchev–Trinajstić information content (AvgIpc) is 3.01. The zero-order valence-electron chi connectivity index (χ0n) is 14.3. The lowest BCUT2D eigenvalue weighted by Crippen LogP contribution is -2.40. The first-order chi connectivity index (χ1) is 11.2. The summed E-state index contributed by atoms with van der Waals surface area (Å²) in [5, 5.41) is 12.0. The van der Waals surface area contributed by atoms with Crippen LogP contribution in [0.25, 0.3) is 0 Å². The number of rotatable bonds is 4. The van der Waals surface area contributed by atoms with Gasteiger partial charge in [-0.1, -0.05) is 32.9 Å². The Balaban J connectivity index is 2.00. The van der Waals surface area contributed by atoms with Crippen molar-refractivity contribution in [2.45, 2.75) is 46.2 Å². The summed E-state index contributed by atoms with van der Waals surface area (Å²) >= 11 is 0. The second-order valence-corrected chi connectivity index (χ2v) is 7.12. The van der Waals surface area contributed by atoms with Crippen molar-refractivity contribution in [3.05, 3.63) is 35.4 Å². The maximum Gasteiger partial charge on any atom is 0.326 e. The summed E-state index contributed by atoms with van der Waals surface area (Å²) in [7, 11) is 0. The number of hydrogen-bond donors (Lipinski definition) is 2. The molecule has 0 aromatic heterocycles. The molecular formula is C18H24N2O4. The molecule has 6 heteroatoms. The van der Waals surface area contributed by atoms with Gasteiger partial charge in [-0.3, -0.25) is 9.59 Å². The van der Waals surface area contributed by atoms with E-state index in [1.165, 1.54) is 4.90 Å². The van der Waals surface area contributed by atoms with Crippen LogP contribution in [0.4, 0.5) is 0 Å². The molecule has 1 unspecified atom stereocenters. The highest BCUT2D eigenvalue weighted by Gasteiger charge is 2.34. The third-order valence-corrected chi connectivity index (χ3v) is 4.13. The average molecular weight is 332 g/mol. The van der Waals surface area contributed by atoms with Gasteiger partial charge in [0.05, 0.1) is 0 Å². The van der Waals surface area contributed by atoms with Crippen molar-refractivity contribution in [1.82, 2.24) is 10.2 Å². The van der Waals surface area contributed by atoms with Gasteiger partial charge in [-0.25, -0.2) is 4.79 Å². The van der Waals surface area contributed by atoms with Crippen LogP contribution < -0.4 is 5.32 Å². The monoisotopic (exact) mass is 332 g/mol. The van der Waals surface area contributed by atoms with Gasteiger partial charge in [-0.2, -0.15) is 0 Å². The summed E-state index contributed by atoms with van der Waals surface area (Å²) in [5.74, 6) is -1.25. The lowest BCUT2D eigenvalue weighted by Gasteiger charge is -2.21. The van der Waals surface area contributed by atoms with E-state index in [0.717, 1.165) is 5.56 Å². The Morgan fingerprint density at radius 1 is 1.21 bits per heavy atom. The van der Waals surface area contributed by atoms with Gasteiger partial charge in [0.2, 0.25) is 5.91 Å². The largest absolute Gasteiger partial charge is 0.480 e. The highest BCUT2D eigenvalue weighted by molar-refractivity contribution is 5.97. The van der Waals surface area contributed by atoms with Gasteiger partial charge in [0, 0.05) is 24.1 Å². The predicted octanol–water partition coefficient (Wildman–Crippen LogP) is 2.04. The van der Waals surface area contributed by atoms with Crippen LogP contribution in [0.3, 0.4) is 0 Å². The fourth-order valence-electron chi connectivity index (χ4n) is 2.65. The number of carbonyl (C=O) groups excluding carboxylic acids is 2. The zero-order valence-corrected chi connectivity index (χ0v) is 14.3. The van der Waals surface area contributed by atoms with E-state index in [9.17, 15) is 19.5 Å². The van der Waals surface area contributed by atoms with Gasteiger partial charge in [0.1, 0.15) is 6.04 Å². The number of aliphatic carboxylic acids is 1. The number of benzene rings is 1.